The first-order chi connectivity index (χ1) is 7.46. The minimum absolute atomic E-state index is 0.218. The van der Waals surface area contributed by atoms with Crippen LogP contribution in [0.4, 0.5) is 5.69 Å². The SMILES string of the molecule is [CH2]CCc1ccc(OC)c(NS(=O)(=O)O)c1. The van der Waals surface area contributed by atoms with Gasteiger partial charge in [-0.1, -0.05) is 13.0 Å². The molecule has 0 atom stereocenters. The van der Waals surface area contributed by atoms with Crippen molar-refractivity contribution >= 4 is 16.0 Å². The lowest BCUT2D eigenvalue weighted by Gasteiger charge is -2.10. The zero-order valence-electron chi connectivity index (χ0n) is 8.93. The highest BCUT2D eigenvalue weighted by Crippen LogP contribution is 2.26. The predicted molar refractivity (Wildman–Crippen MR) is 61.8 cm³/mol. The Hall–Kier alpha value is -1.27. The van der Waals surface area contributed by atoms with Crippen LogP contribution in [-0.2, 0) is 16.7 Å². The molecule has 2 N–H and O–H groups in total. The summed E-state index contributed by atoms with van der Waals surface area (Å²) in [6.07, 6.45) is 1.43. The minimum atomic E-state index is -4.29. The fourth-order valence-corrected chi connectivity index (χ4v) is 1.77. The molecule has 0 saturated heterocycles. The summed E-state index contributed by atoms with van der Waals surface area (Å²) < 4.78 is 37.1. The van der Waals surface area contributed by atoms with Gasteiger partial charge in [0.2, 0.25) is 0 Å². The van der Waals surface area contributed by atoms with Crippen LogP contribution in [0.2, 0.25) is 0 Å². The van der Waals surface area contributed by atoms with Crippen LogP contribution in [-0.4, -0.2) is 20.1 Å². The van der Waals surface area contributed by atoms with Gasteiger partial charge in [0.25, 0.3) is 0 Å². The Labute approximate surface area is 95.3 Å². The van der Waals surface area contributed by atoms with Crippen molar-refractivity contribution in [3.63, 3.8) is 0 Å². The molecule has 1 aromatic rings. The van der Waals surface area contributed by atoms with Crippen molar-refractivity contribution in [3.05, 3.63) is 30.7 Å². The molecule has 1 radical (unpaired) electrons. The molecular formula is C10H14NO4S. The van der Waals surface area contributed by atoms with Crippen molar-refractivity contribution in [2.45, 2.75) is 12.8 Å². The monoisotopic (exact) mass is 244 g/mol. The van der Waals surface area contributed by atoms with Gasteiger partial charge in [-0.05, 0) is 30.5 Å². The molecule has 0 aliphatic carbocycles. The molecule has 0 aliphatic heterocycles. The number of nitrogens with one attached hydrogen (secondary N) is 1. The Morgan fingerprint density at radius 2 is 2.19 bits per heavy atom. The van der Waals surface area contributed by atoms with E-state index >= 15 is 0 Å². The number of anilines is 1. The highest BCUT2D eigenvalue weighted by atomic mass is 32.2. The molecular weight excluding hydrogens is 230 g/mol. The van der Waals surface area contributed by atoms with Gasteiger partial charge in [0.15, 0.2) is 0 Å². The largest absolute Gasteiger partial charge is 0.495 e. The van der Waals surface area contributed by atoms with Crippen LogP contribution in [0, 0.1) is 6.92 Å². The van der Waals surface area contributed by atoms with E-state index in [2.05, 4.69) is 6.92 Å². The average Bonchev–Trinajstić information content (AvgIpc) is 2.16. The maximum absolute atomic E-state index is 10.7. The Kier molecular flexibility index (Phi) is 4.14. The number of hydrogen-bond donors (Lipinski definition) is 2. The molecule has 0 heterocycles. The summed E-state index contributed by atoms with van der Waals surface area (Å²) in [5.41, 5.74) is 1.14. The molecule has 0 spiro atoms. The lowest BCUT2D eigenvalue weighted by molar-refractivity contribution is 0.416. The molecule has 0 fully saturated rings. The molecule has 0 saturated carbocycles. The summed E-state index contributed by atoms with van der Waals surface area (Å²) in [6.45, 7) is 3.71. The van der Waals surface area contributed by atoms with E-state index in [9.17, 15) is 8.42 Å². The smallest absolute Gasteiger partial charge is 0.357 e. The number of aryl methyl sites for hydroxylation is 1. The van der Waals surface area contributed by atoms with E-state index in [4.69, 9.17) is 9.29 Å². The highest BCUT2D eigenvalue weighted by Gasteiger charge is 2.10. The lowest BCUT2D eigenvalue weighted by atomic mass is 10.1. The second-order valence-corrected chi connectivity index (χ2v) is 4.37. The molecule has 89 valence electrons. The summed E-state index contributed by atoms with van der Waals surface area (Å²) >= 11 is 0. The molecule has 6 heteroatoms. The van der Waals surface area contributed by atoms with Gasteiger partial charge < -0.3 is 4.74 Å². The Morgan fingerprint density at radius 1 is 1.50 bits per heavy atom. The minimum Gasteiger partial charge on any atom is -0.495 e. The molecule has 0 amide bonds. The van der Waals surface area contributed by atoms with E-state index in [0.29, 0.717) is 12.2 Å². The maximum atomic E-state index is 10.7. The van der Waals surface area contributed by atoms with Gasteiger partial charge >= 0.3 is 10.3 Å². The van der Waals surface area contributed by atoms with Crippen LogP contribution in [0.5, 0.6) is 5.75 Å². The van der Waals surface area contributed by atoms with Gasteiger partial charge in [0, 0.05) is 0 Å². The van der Waals surface area contributed by atoms with Crippen molar-refractivity contribution < 1.29 is 17.7 Å². The Balaban J connectivity index is 3.07. The zero-order chi connectivity index (χ0) is 12.2. The van der Waals surface area contributed by atoms with Crippen molar-refractivity contribution in [2.24, 2.45) is 0 Å². The Morgan fingerprint density at radius 3 is 2.69 bits per heavy atom. The predicted octanol–water partition coefficient (Wildman–Crippen LogP) is 1.68. The second kappa shape index (κ2) is 5.18. The standard InChI is InChI=1S/C10H14NO4S/c1-3-4-8-5-6-10(15-2)9(7-8)11-16(12,13)14/h5-7,11H,1,3-4H2,2H3,(H,12,13,14). The van der Waals surface area contributed by atoms with Gasteiger partial charge in [-0.2, -0.15) is 8.42 Å². The number of methoxy groups -OCH3 is 1. The number of rotatable bonds is 5. The number of hydrogen-bond acceptors (Lipinski definition) is 3. The normalized spacial score (nSPS) is 11.2. The van der Waals surface area contributed by atoms with Crippen molar-refractivity contribution in [1.82, 2.24) is 0 Å². The lowest BCUT2D eigenvalue weighted by Crippen LogP contribution is -2.11. The van der Waals surface area contributed by atoms with Crippen LogP contribution in [0.3, 0.4) is 0 Å². The first-order valence-corrected chi connectivity index (χ1v) is 6.11. The third-order valence-corrected chi connectivity index (χ3v) is 2.45. The molecule has 16 heavy (non-hydrogen) atoms. The molecule has 5 nitrogen and oxygen atoms in total. The van der Waals surface area contributed by atoms with Crippen molar-refractivity contribution in [3.8, 4) is 5.75 Å². The molecule has 0 aliphatic rings. The fourth-order valence-electron chi connectivity index (χ4n) is 1.33. The zero-order valence-corrected chi connectivity index (χ0v) is 9.75. The number of benzene rings is 1. The van der Waals surface area contributed by atoms with E-state index in [1.54, 1.807) is 12.1 Å². The number of ether oxygens (including phenoxy) is 1. The first-order valence-electron chi connectivity index (χ1n) is 4.67. The fraction of sp³-hybridized carbons (Fsp3) is 0.300. The van der Waals surface area contributed by atoms with Gasteiger partial charge in [0.05, 0.1) is 12.8 Å². The van der Waals surface area contributed by atoms with E-state index < -0.39 is 10.3 Å². The van der Waals surface area contributed by atoms with E-state index in [-0.39, 0.29) is 5.69 Å². The van der Waals surface area contributed by atoms with E-state index in [1.165, 1.54) is 7.11 Å². The van der Waals surface area contributed by atoms with Crippen LogP contribution < -0.4 is 9.46 Å². The molecule has 0 bridgehead atoms. The average molecular weight is 244 g/mol. The van der Waals surface area contributed by atoms with Crippen LogP contribution in [0.25, 0.3) is 0 Å². The van der Waals surface area contributed by atoms with Gasteiger partial charge in [-0.15, -0.1) is 0 Å². The summed E-state index contributed by atoms with van der Waals surface area (Å²) in [6, 6.07) is 5.06. The van der Waals surface area contributed by atoms with Crippen LogP contribution >= 0.6 is 0 Å². The third kappa shape index (κ3) is 3.71. The van der Waals surface area contributed by atoms with Crippen LogP contribution in [0.15, 0.2) is 18.2 Å². The Bertz CT molecular complexity index is 456. The summed E-state index contributed by atoms with van der Waals surface area (Å²) in [5.74, 6) is 0.352. The molecule has 0 aromatic heterocycles. The van der Waals surface area contributed by atoms with Gasteiger partial charge in [0.1, 0.15) is 5.75 Å². The van der Waals surface area contributed by atoms with E-state index in [0.717, 1.165) is 12.0 Å². The topological polar surface area (TPSA) is 75.6 Å². The van der Waals surface area contributed by atoms with Crippen molar-refractivity contribution in [1.29, 1.82) is 0 Å². The third-order valence-electron chi connectivity index (χ3n) is 1.97. The quantitative estimate of drug-likeness (QED) is 0.773. The second-order valence-electron chi connectivity index (χ2n) is 3.22. The molecule has 1 rings (SSSR count). The maximum Gasteiger partial charge on any atom is 0.357 e. The van der Waals surface area contributed by atoms with Gasteiger partial charge in [-0.3, -0.25) is 9.27 Å². The van der Waals surface area contributed by atoms with Gasteiger partial charge in [-0.25, -0.2) is 0 Å². The molecule has 0 unspecified atom stereocenters. The van der Waals surface area contributed by atoms with Crippen molar-refractivity contribution in [2.75, 3.05) is 11.8 Å². The molecule has 1 aromatic carbocycles. The van der Waals surface area contributed by atoms with E-state index in [1.807, 2.05) is 10.8 Å². The summed E-state index contributed by atoms with van der Waals surface area (Å²) in [4.78, 5) is 0. The first kappa shape index (κ1) is 12.8. The summed E-state index contributed by atoms with van der Waals surface area (Å²) in [5, 5.41) is 0. The summed E-state index contributed by atoms with van der Waals surface area (Å²) in [7, 11) is -2.86. The highest BCUT2D eigenvalue weighted by molar-refractivity contribution is 7.87. The van der Waals surface area contributed by atoms with Crippen LogP contribution in [0.1, 0.15) is 12.0 Å².